The predicted molar refractivity (Wildman–Crippen MR) is 93.4 cm³/mol. The molecule has 0 aliphatic heterocycles. The molecule has 25 heavy (non-hydrogen) atoms. The topological polar surface area (TPSA) is 53.1 Å². The van der Waals surface area contributed by atoms with Crippen LogP contribution in [0.1, 0.15) is 12.0 Å². The molecule has 1 heterocycles. The monoisotopic (exact) mass is 373 g/mol. The highest BCUT2D eigenvalue weighted by atomic mass is 35.5. The van der Waals surface area contributed by atoms with Gasteiger partial charge in [0.1, 0.15) is 5.82 Å². The van der Waals surface area contributed by atoms with Crippen LogP contribution in [0.3, 0.4) is 0 Å². The lowest BCUT2D eigenvalue weighted by Gasteiger charge is -2.13. The molecule has 0 amide bonds. The van der Waals surface area contributed by atoms with Crippen molar-refractivity contribution in [2.24, 2.45) is 0 Å². The number of benzene rings is 1. The average Bonchev–Trinajstić information content (AvgIpc) is 2.53. The van der Waals surface area contributed by atoms with Crippen LogP contribution in [0.15, 0.2) is 30.5 Å². The van der Waals surface area contributed by atoms with Crippen LogP contribution >= 0.6 is 11.6 Å². The molecule has 0 spiro atoms. The van der Waals surface area contributed by atoms with E-state index in [1.807, 2.05) is 14.1 Å². The zero-order valence-corrected chi connectivity index (χ0v) is 14.6. The Morgan fingerprint density at radius 2 is 1.96 bits per heavy atom. The quantitative estimate of drug-likeness (QED) is 0.710. The molecule has 0 aliphatic rings. The van der Waals surface area contributed by atoms with Crippen LogP contribution in [-0.2, 0) is 6.18 Å². The Morgan fingerprint density at radius 1 is 1.20 bits per heavy atom. The fourth-order valence-electron chi connectivity index (χ4n) is 2.08. The number of anilines is 3. The molecule has 0 bridgehead atoms. The van der Waals surface area contributed by atoms with Gasteiger partial charge in [-0.2, -0.15) is 18.2 Å². The normalized spacial score (nSPS) is 11.6. The lowest BCUT2D eigenvalue weighted by molar-refractivity contribution is -0.137. The van der Waals surface area contributed by atoms with Crippen molar-refractivity contribution < 1.29 is 13.2 Å². The SMILES string of the molecule is CN(C)CCCNc1ccnc(Nc2ccc(Cl)c(C(F)(F)F)c2)n1. The molecule has 0 aliphatic carbocycles. The summed E-state index contributed by atoms with van der Waals surface area (Å²) in [6.07, 6.45) is -2.05. The number of hydrogen-bond acceptors (Lipinski definition) is 5. The fraction of sp³-hybridized carbons (Fsp3) is 0.375. The largest absolute Gasteiger partial charge is 0.417 e. The van der Waals surface area contributed by atoms with Gasteiger partial charge in [-0.05, 0) is 51.3 Å². The molecular weight excluding hydrogens is 355 g/mol. The molecule has 1 aromatic carbocycles. The highest BCUT2D eigenvalue weighted by Crippen LogP contribution is 2.36. The molecule has 136 valence electrons. The molecule has 0 fully saturated rings. The van der Waals surface area contributed by atoms with Gasteiger partial charge in [0.05, 0.1) is 10.6 Å². The van der Waals surface area contributed by atoms with Crippen molar-refractivity contribution in [2.75, 3.05) is 37.8 Å². The van der Waals surface area contributed by atoms with E-state index in [1.54, 1.807) is 6.07 Å². The van der Waals surface area contributed by atoms with E-state index in [9.17, 15) is 13.2 Å². The van der Waals surface area contributed by atoms with Gasteiger partial charge in [0.15, 0.2) is 0 Å². The predicted octanol–water partition coefficient (Wildman–Crippen LogP) is 4.26. The standard InChI is InChI=1S/C16H19ClF3N5/c1-25(2)9-3-7-21-14-6-8-22-15(24-14)23-11-4-5-13(17)12(10-11)16(18,19)20/h4-6,8,10H,3,7,9H2,1-2H3,(H2,21,22,23,24). The second-order valence-corrected chi connectivity index (χ2v) is 6.07. The van der Waals surface area contributed by atoms with E-state index in [4.69, 9.17) is 11.6 Å². The maximum absolute atomic E-state index is 12.9. The minimum absolute atomic E-state index is 0.202. The Labute approximate surface area is 149 Å². The number of hydrogen-bond donors (Lipinski definition) is 2. The fourth-order valence-corrected chi connectivity index (χ4v) is 2.30. The molecule has 1 aromatic heterocycles. The third-order valence-corrected chi connectivity index (χ3v) is 3.60. The van der Waals surface area contributed by atoms with Gasteiger partial charge in [0.2, 0.25) is 5.95 Å². The minimum Gasteiger partial charge on any atom is -0.370 e. The van der Waals surface area contributed by atoms with Crippen LogP contribution in [0.25, 0.3) is 0 Å². The van der Waals surface area contributed by atoms with Crippen molar-refractivity contribution in [1.82, 2.24) is 14.9 Å². The summed E-state index contributed by atoms with van der Waals surface area (Å²) in [7, 11) is 3.99. The van der Waals surface area contributed by atoms with Crippen LogP contribution in [0.4, 0.5) is 30.6 Å². The molecular formula is C16H19ClF3N5. The molecule has 2 aromatic rings. The minimum atomic E-state index is -4.52. The van der Waals surface area contributed by atoms with Crippen LogP contribution in [-0.4, -0.2) is 42.1 Å². The van der Waals surface area contributed by atoms with Gasteiger partial charge in [0, 0.05) is 18.4 Å². The number of aromatic nitrogens is 2. The second-order valence-electron chi connectivity index (χ2n) is 5.67. The summed E-state index contributed by atoms with van der Waals surface area (Å²) >= 11 is 5.61. The molecule has 2 rings (SSSR count). The Balaban J connectivity index is 2.04. The highest BCUT2D eigenvalue weighted by Gasteiger charge is 2.33. The van der Waals surface area contributed by atoms with Gasteiger partial charge in [-0.25, -0.2) is 4.98 Å². The average molecular weight is 374 g/mol. The smallest absolute Gasteiger partial charge is 0.370 e. The molecule has 0 saturated heterocycles. The maximum Gasteiger partial charge on any atom is 0.417 e. The first kappa shape index (κ1) is 19.3. The molecule has 0 radical (unpaired) electrons. The van der Waals surface area contributed by atoms with E-state index in [1.165, 1.54) is 18.3 Å². The zero-order chi connectivity index (χ0) is 18.4. The maximum atomic E-state index is 12.9. The number of nitrogens with zero attached hydrogens (tertiary/aromatic N) is 3. The van der Waals surface area contributed by atoms with E-state index >= 15 is 0 Å². The van der Waals surface area contributed by atoms with Gasteiger partial charge in [0.25, 0.3) is 0 Å². The number of nitrogens with one attached hydrogen (secondary N) is 2. The lowest BCUT2D eigenvalue weighted by Crippen LogP contribution is -2.16. The Morgan fingerprint density at radius 3 is 2.64 bits per heavy atom. The molecule has 9 heteroatoms. The zero-order valence-electron chi connectivity index (χ0n) is 13.9. The first-order chi connectivity index (χ1) is 11.8. The van der Waals surface area contributed by atoms with E-state index in [2.05, 4.69) is 25.5 Å². The van der Waals surface area contributed by atoms with Crippen molar-refractivity contribution in [3.05, 3.63) is 41.0 Å². The van der Waals surface area contributed by atoms with Crippen LogP contribution in [0.2, 0.25) is 5.02 Å². The third-order valence-electron chi connectivity index (χ3n) is 3.27. The van der Waals surface area contributed by atoms with Gasteiger partial charge in [-0.15, -0.1) is 0 Å². The van der Waals surface area contributed by atoms with Crippen molar-refractivity contribution in [3.63, 3.8) is 0 Å². The van der Waals surface area contributed by atoms with Crippen LogP contribution in [0, 0.1) is 0 Å². The van der Waals surface area contributed by atoms with E-state index in [-0.39, 0.29) is 16.7 Å². The molecule has 5 nitrogen and oxygen atoms in total. The summed E-state index contributed by atoms with van der Waals surface area (Å²) in [4.78, 5) is 10.3. The summed E-state index contributed by atoms with van der Waals surface area (Å²) in [6, 6.07) is 5.26. The van der Waals surface area contributed by atoms with Crippen molar-refractivity contribution in [1.29, 1.82) is 0 Å². The Hall–Kier alpha value is -2.06. The molecule has 0 unspecified atom stereocenters. The van der Waals surface area contributed by atoms with Gasteiger partial charge < -0.3 is 15.5 Å². The van der Waals surface area contributed by atoms with E-state index < -0.39 is 11.7 Å². The summed E-state index contributed by atoms with van der Waals surface area (Å²) < 4.78 is 38.7. The number of rotatable bonds is 7. The van der Waals surface area contributed by atoms with Gasteiger partial charge in [-0.1, -0.05) is 11.6 Å². The van der Waals surface area contributed by atoms with E-state index in [0.29, 0.717) is 5.82 Å². The second kappa shape index (κ2) is 8.35. The van der Waals surface area contributed by atoms with E-state index in [0.717, 1.165) is 25.6 Å². The summed E-state index contributed by atoms with van der Waals surface area (Å²) in [5.74, 6) is 0.800. The first-order valence-electron chi connectivity index (χ1n) is 7.61. The Bertz CT molecular complexity index is 706. The van der Waals surface area contributed by atoms with Gasteiger partial charge in [-0.3, -0.25) is 0 Å². The number of alkyl halides is 3. The Kier molecular flexibility index (Phi) is 6.44. The molecule has 0 saturated carbocycles. The lowest BCUT2D eigenvalue weighted by atomic mass is 10.2. The molecule has 2 N–H and O–H groups in total. The number of halogens is 4. The third kappa shape index (κ3) is 6.06. The van der Waals surface area contributed by atoms with Crippen molar-refractivity contribution >= 4 is 29.1 Å². The summed E-state index contributed by atoms with van der Waals surface area (Å²) in [5, 5.41) is 5.56. The summed E-state index contributed by atoms with van der Waals surface area (Å²) in [5.41, 5.74) is -0.696. The summed E-state index contributed by atoms with van der Waals surface area (Å²) in [6.45, 7) is 1.67. The highest BCUT2D eigenvalue weighted by molar-refractivity contribution is 6.31. The van der Waals surface area contributed by atoms with Crippen molar-refractivity contribution in [2.45, 2.75) is 12.6 Å². The molecule has 0 atom stereocenters. The van der Waals surface area contributed by atoms with Crippen molar-refractivity contribution in [3.8, 4) is 0 Å². The van der Waals surface area contributed by atoms with Gasteiger partial charge >= 0.3 is 6.18 Å². The van der Waals surface area contributed by atoms with Crippen LogP contribution in [0.5, 0.6) is 0 Å². The van der Waals surface area contributed by atoms with Crippen LogP contribution < -0.4 is 10.6 Å². The first-order valence-corrected chi connectivity index (χ1v) is 7.99.